The Labute approximate surface area is 229 Å². The van der Waals surface area contributed by atoms with Crippen LogP contribution in [0.15, 0.2) is 23.8 Å². The van der Waals surface area contributed by atoms with E-state index in [9.17, 15) is 29.4 Å². The van der Waals surface area contributed by atoms with Gasteiger partial charge in [0.25, 0.3) is 0 Å². The zero-order chi connectivity index (χ0) is 28.0. The highest BCUT2D eigenvalue weighted by molar-refractivity contribution is 6.01. The molecule has 8 atom stereocenters. The molecule has 4 aliphatic carbocycles. The average Bonchev–Trinajstić information content (AvgIpc) is 3.51. The van der Waals surface area contributed by atoms with Crippen LogP contribution in [0.3, 0.4) is 0 Å². The number of hydrogen-bond donors (Lipinski definition) is 3. The molecule has 0 spiro atoms. The molecule has 39 heavy (non-hydrogen) atoms. The molecular formula is C30H41NO8. The maximum Gasteiger partial charge on any atom is 0.306 e. The summed E-state index contributed by atoms with van der Waals surface area (Å²) in [5.41, 5.74) is -1.94. The van der Waals surface area contributed by atoms with Crippen LogP contribution in [0.2, 0.25) is 0 Å². The summed E-state index contributed by atoms with van der Waals surface area (Å²) in [5.74, 6) is -1.50. The highest BCUT2D eigenvalue weighted by Crippen LogP contribution is 2.67. The molecular weight excluding hydrogens is 502 g/mol. The molecule has 9 heteroatoms. The predicted molar refractivity (Wildman–Crippen MR) is 140 cm³/mol. The molecule has 3 N–H and O–H groups in total. The Kier molecular flexibility index (Phi) is 7.63. The van der Waals surface area contributed by atoms with Crippen molar-refractivity contribution < 1.29 is 38.9 Å². The zero-order valence-electron chi connectivity index (χ0n) is 22.9. The summed E-state index contributed by atoms with van der Waals surface area (Å²) < 4.78 is 10.7. The number of ether oxygens (including phenoxy) is 2. The van der Waals surface area contributed by atoms with E-state index in [0.29, 0.717) is 19.6 Å². The number of carbonyl (C=O) groups excluding carboxylic acids is 4. The maximum atomic E-state index is 13.4. The second kappa shape index (κ2) is 10.6. The van der Waals surface area contributed by atoms with Crippen molar-refractivity contribution in [3.8, 4) is 0 Å². The van der Waals surface area contributed by atoms with Gasteiger partial charge in [-0.05, 0) is 68.9 Å². The van der Waals surface area contributed by atoms with Gasteiger partial charge in [-0.3, -0.25) is 19.2 Å². The van der Waals surface area contributed by atoms with Gasteiger partial charge in [0.15, 0.2) is 12.4 Å². The molecule has 5 aliphatic rings. The lowest BCUT2D eigenvalue weighted by molar-refractivity contribution is -0.181. The van der Waals surface area contributed by atoms with E-state index in [1.54, 1.807) is 12.2 Å². The van der Waals surface area contributed by atoms with Crippen molar-refractivity contribution in [3.63, 3.8) is 0 Å². The molecule has 0 aromatic heterocycles. The second-order valence-corrected chi connectivity index (χ2v) is 12.6. The lowest BCUT2D eigenvalue weighted by Gasteiger charge is -2.59. The molecule has 1 heterocycles. The monoisotopic (exact) mass is 543 g/mol. The van der Waals surface area contributed by atoms with Crippen LogP contribution in [0.1, 0.15) is 71.6 Å². The minimum atomic E-state index is -1.71. The van der Waals surface area contributed by atoms with E-state index in [1.807, 2.05) is 13.0 Å². The average molecular weight is 544 g/mol. The summed E-state index contributed by atoms with van der Waals surface area (Å²) in [6.45, 7) is 4.52. The number of esters is 1. The van der Waals surface area contributed by atoms with Crippen LogP contribution < -0.4 is 5.32 Å². The molecule has 0 unspecified atom stereocenters. The fraction of sp³-hybridized carbons (Fsp3) is 0.733. The number of amides is 1. The number of Topliss-reactive ketones (excluding diaryl/α,β-unsaturated/α-hetero) is 1. The smallest absolute Gasteiger partial charge is 0.306 e. The number of allylic oxidation sites excluding steroid dienone is 4. The first-order valence-electron chi connectivity index (χ1n) is 14.4. The Balaban J connectivity index is 1.18. The van der Waals surface area contributed by atoms with Crippen LogP contribution in [-0.4, -0.2) is 71.2 Å². The summed E-state index contributed by atoms with van der Waals surface area (Å²) in [5, 5.41) is 26.0. The number of aliphatic hydroxyl groups excluding tert-OH is 1. The summed E-state index contributed by atoms with van der Waals surface area (Å²) in [6.07, 6.45) is 8.84. The van der Waals surface area contributed by atoms with Crippen LogP contribution in [-0.2, 0) is 28.7 Å². The van der Waals surface area contributed by atoms with Crippen molar-refractivity contribution in [3.05, 3.63) is 23.8 Å². The fourth-order valence-electron chi connectivity index (χ4n) is 8.46. The third-order valence-electron chi connectivity index (χ3n) is 10.6. The number of nitrogens with one attached hydrogen (secondary N) is 1. The van der Waals surface area contributed by atoms with E-state index < -0.39 is 40.9 Å². The van der Waals surface area contributed by atoms with Gasteiger partial charge in [-0.2, -0.15) is 0 Å². The van der Waals surface area contributed by atoms with Crippen molar-refractivity contribution >= 4 is 23.4 Å². The van der Waals surface area contributed by atoms with Gasteiger partial charge in [-0.1, -0.05) is 25.5 Å². The summed E-state index contributed by atoms with van der Waals surface area (Å²) in [6, 6.07) is 0. The van der Waals surface area contributed by atoms with Gasteiger partial charge >= 0.3 is 5.97 Å². The number of fused-ring (bicyclic) bond motifs is 5. The lowest BCUT2D eigenvalue weighted by atomic mass is 9.46. The number of hydrogen-bond acceptors (Lipinski definition) is 8. The molecule has 3 saturated carbocycles. The minimum Gasteiger partial charge on any atom is -0.458 e. The van der Waals surface area contributed by atoms with Crippen LogP contribution >= 0.6 is 0 Å². The summed E-state index contributed by atoms with van der Waals surface area (Å²) in [7, 11) is 0. The zero-order valence-corrected chi connectivity index (χ0v) is 22.9. The van der Waals surface area contributed by atoms with Gasteiger partial charge in [-0.25, -0.2) is 0 Å². The normalized spacial score (nSPS) is 40.8. The largest absolute Gasteiger partial charge is 0.458 e. The number of rotatable bonds is 8. The first-order chi connectivity index (χ1) is 18.5. The molecule has 1 aliphatic heterocycles. The Morgan fingerprint density at radius 1 is 1.18 bits per heavy atom. The predicted octanol–water partition coefficient (Wildman–Crippen LogP) is 2.18. The molecule has 0 bridgehead atoms. The first-order valence-corrected chi connectivity index (χ1v) is 14.4. The maximum absolute atomic E-state index is 13.4. The second-order valence-electron chi connectivity index (χ2n) is 12.6. The first kappa shape index (κ1) is 28.2. The van der Waals surface area contributed by atoms with Crippen molar-refractivity contribution in [2.45, 2.75) is 89.4 Å². The summed E-state index contributed by atoms with van der Waals surface area (Å²) >= 11 is 0. The van der Waals surface area contributed by atoms with Gasteiger partial charge in [0.1, 0.15) is 5.60 Å². The van der Waals surface area contributed by atoms with Crippen LogP contribution in [0.25, 0.3) is 0 Å². The van der Waals surface area contributed by atoms with Crippen molar-refractivity contribution in [1.82, 2.24) is 5.32 Å². The van der Waals surface area contributed by atoms with Crippen molar-refractivity contribution in [2.24, 2.45) is 28.6 Å². The van der Waals surface area contributed by atoms with Crippen LogP contribution in [0.4, 0.5) is 0 Å². The van der Waals surface area contributed by atoms with Crippen molar-refractivity contribution in [1.29, 1.82) is 0 Å². The Bertz CT molecular complexity index is 1090. The third-order valence-corrected chi connectivity index (χ3v) is 10.6. The standard InChI is InChI=1S/C30H41NO8/c1-28-11-9-19(32)14-18(28)5-6-21-22-10-12-30(37,29(22,2)15-23(33)27(21)28)24(34)17-39-26(36)8-7-25(35)31-16-20-4-3-13-38-20/h9,11,14,20-23,27,33,37H,3-8,10,12-13,15-17H2,1-2H3,(H,31,35)/t20-,21+,22+,23+,27-,28+,29+,30+/m1/s1. The van der Waals surface area contributed by atoms with Gasteiger partial charge in [0.05, 0.1) is 18.6 Å². The number of ketones is 2. The molecule has 0 aromatic carbocycles. The van der Waals surface area contributed by atoms with Gasteiger partial charge in [0, 0.05) is 36.3 Å². The van der Waals surface area contributed by atoms with Gasteiger partial charge < -0.3 is 25.0 Å². The fourth-order valence-corrected chi connectivity index (χ4v) is 8.46. The summed E-state index contributed by atoms with van der Waals surface area (Å²) in [4.78, 5) is 49.7. The molecule has 0 radical (unpaired) electrons. The highest BCUT2D eigenvalue weighted by Gasteiger charge is 2.68. The van der Waals surface area contributed by atoms with Gasteiger partial charge in [-0.15, -0.1) is 0 Å². The SMILES string of the molecule is C[C@]12C=CC(=O)C=C1CC[C@@H]1[C@@H]2[C@@H](O)C[C@@]2(C)[C@H]1CC[C@]2(O)C(=O)COC(=O)CCC(=O)NC[C@H]1CCCO1. The molecule has 1 amide bonds. The molecule has 0 aromatic rings. The van der Waals surface area contributed by atoms with E-state index in [0.717, 1.165) is 31.3 Å². The van der Waals surface area contributed by atoms with E-state index in [4.69, 9.17) is 9.47 Å². The lowest BCUT2D eigenvalue weighted by Crippen LogP contribution is -2.61. The molecule has 9 nitrogen and oxygen atoms in total. The van der Waals surface area contributed by atoms with E-state index in [1.165, 1.54) is 0 Å². The van der Waals surface area contributed by atoms with E-state index >= 15 is 0 Å². The van der Waals surface area contributed by atoms with Crippen molar-refractivity contribution in [2.75, 3.05) is 19.8 Å². The van der Waals surface area contributed by atoms with E-state index in [2.05, 4.69) is 12.2 Å². The molecule has 1 saturated heterocycles. The quantitative estimate of drug-likeness (QED) is 0.396. The Morgan fingerprint density at radius 2 is 1.97 bits per heavy atom. The topological polar surface area (TPSA) is 139 Å². The van der Waals surface area contributed by atoms with Gasteiger partial charge in [0.2, 0.25) is 11.7 Å². The molecule has 5 rings (SSSR count). The Morgan fingerprint density at radius 3 is 2.72 bits per heavy atom. The Hall–Kier alpha value is -2.36. The minimum absolute atomic E-state index is 0.0165. The highest BCUT2D eigenvalue weighted by atomic mass is 16.5. The van der Waals surface area contributed by atoms with Crippen LogP contribution in [0.5, 0.6) is 0 Å². The van der Waals surface area contributed by atoms with Crippen LogP contribution in [0, 0.1) is 28.6 Å². The number of carbonyl (C=O) groups is 4. The molecule has 4 fully saturated rings. The molecule has 214 valence electrons. The number of aliphatic hydroxyl groups is 2. The van der Waals surface area contributed by atoms with E-state index in [-0.39, 0.29) is 61.2 Å². The third kappa shape index (κ3) is 4.91.